The first kappa shape index (κ1) is 12.2. The van der Waals surface area contributed by atoms with E-state index in [9.17, 15) is 5.11 Å². The second-order valence-corrected chi connectivity index (χ2v) is 5.06. The van der Waals surface area contributed by atoms with Crippen molar-refractivity contribution in [2.75, 3.05) is 0 Å². The van der Waals surface area contributed by atoms with Crippen molar-refractivity contribution in [1.29, 1.82) is 0 Å². The van der Waals surface area contributed by atoms with Crippen LogP contribution < -0.4 is 0 Å². The molecule has 0 amide bonds. The number of aliphatic hydroxyl groups excluding tert-OH is 1. The molecule has 2 aromatic rings. The van der Waals surface area contributed by atoms with Crippen LogP contribution in [0, 0.1) is 0 Å². The monoisotopic (exact) mass is 252 g/mol. The zero-order chi connectivity index (χ0) is 12.1. The molecule has 1 unspecified atom stereocenters. The van der Waals surface area contributed by atoms with Gasteiger partial charge in [0, 0.05) is 11.3 Å². The highest BCUT2D eigenvalue weighted by atomic mass is 32.1. The van der Waals surface area contributed by atoms with Crippen LogP contribution in [0.1, 0.15) is 23.5 Å². The van der Waals surface area contributed by atoms with Crippen molar-refractivity contribution < 1.29 is 5.11 Å². The summed E-state index contributed by atoms with van der Waals surface area (Å²) in [5.41, 5.74) is 0. The number of aliphatic hydroxyl groups is 1. The largest absolute Gasteiger partial charge is 0.393 e. The van der Waals surface area contributed by atoms with Crippen LogP contribution >= 0.6 is 11.3 Å². The van der Waals surface area contributed by atoms with E-state index in [0.717, 1.165) is 19.3 Å². The van der Waals surface area contributed by atoms with Crippen LogP contribution in [-0.4, -0.2) is 31.4 Å². The van der Waals surface area contributed by atoms with Gasteiger partial charge in [-0.1, -0.05) is 6.07 Å². The van der Waals surface area contributed by atoms with E-state index >= 15 is 0 Å². The summed E-state index contributed by atoms with van der Waals surface area (Å²) >= 11 is 1.76. The maximum atomic E-state index is 9.83. The van der Waals surface area contributed by atoms with Crippen molar-refractivity contribution in [3.05, 3.63) is 28.2 Å². The Morgan fingerprint density at radius 1 is 1.53 bits per heavy atom. The molecule has 0 aliphatic carbocycles. The highest BCUT2D eigenvalue weighted by Crippen LogP contribution is 2.13. The van der Waals surface area contributed by atoms with Gasteiger partial charge in [-0.25, -0.2) is 0 Å². The normalized spacial score (nSPS) is 12.8. The van der Waals surface area contributed by atoms with Gasteiger partial charge in [0.1, 0.15) is 0 Å². The number of hydrogen-bond donors (Lipinski definition) is 1. The van der Waals surface area contributed by atoms with Crippen molar-refractivity contribution in [3.63, 3.8) is 0 Å². The van der Waals surface area contributed by atoms with Crippen LogP contribution in [0.3, 0.4) is 0 Å². The smallest absolute Gasteiger partial charge is 0.177 e. The predicted octanol–water partition coefficient (Wildman–Crippen LogP) is 1.20. The highest BCUT2D eigenvalue weighted by Gasteiger charge is 2.09. The van der Waals surface area contributed by atoms with Gasteiger partial charge in [-0.3, -0.25) is 0 Å². The Balaban J connectivity index is 1.69. The van der Waals surface area contributed by atoms with E-state index in [-0.39, 0.29) is 6.10 Å². The summed E-state index contributed by atoms with van der Waals surface area (Å²) in [4.78, 5) is 2.78. The van der Waals surface area contributed by atoms with Gasteiger partial charge in [0.05, 0.1) is 13.2 Å². The third-order valence-electron chi connectivity index (χ3n) is 2.51. The number of rotatable bonds is 6. The van der Waals surface area contributed by atoms with Crippen LogP contribution in [-0.2, 0) is 19.9 Å². The standard InChI is InChI=1S/C11H16N4OS/c1-15-13-11(12-14-15)8-9(16)4-2-5-10-6-3-7-17-10/h3,6-7,9,16H,2,4-5,8H2,1H3. The number of hydrogen-bond acceptors (Lipinski definition) is 5. The molecule has 2 rings (SSSR count). The molecular weight excluding hydrogens is 236 g/mol. The SMILES string of the molecule is Cn1nnc(CC(O)CCCc2cccs2)n1. The molecule has 1 atom stereocenters. The van der Waals surface area contributed by atoms with Crippen molar-refractivity contribution in [3.8, 4) is 0 Å². The topological polar surface area (TPSA) is 63.8 Å². The van der Waals surface area contributed by atoms with E-state index < -0.39 is 0 Å². The summed E-state index contributed by atoms with van der Waals surface area (Å²) in [7, 11) is 1.72. The molecule has 2 heterocycles. The van der Waals surface area contributed by atoms with Gasteiger partial charge in [0.15, 0.2) is 5.82 Å². The summed E-state index contributed by atoms with van der Waals surface area (Å²) in [6, 6.07) is 4.18. The minimum Gasteiger partial charge on any atom is -0.393 e. The van der Waals surface area contributed by atoms with Crippen molar-refractivity contribution in [2.24, 2.45) is 7.05 Å². The third kappa shape index (κ3) is 3.90. The Morgan fingerprint density at radius 2 is 2.41 bits per heavy atom. The molecule has 92 valence electrons. The van der Waals surface area contributed by atoms with Crippen LogP contribution in [0.2, 0.25) is 0 Å². The van der Waals surface area contributed by atoms with E-state index in [1.54, 1.807) is 18.4 Å². The van der Waals surface area contributed by atoms with E-state index in [1.807, 2.05) is 0 Å². The average Bonchev–Trinajstić information content (AvgIpc) is 2.90. The lowest BCUT2D eigenvalue weighted by molar-refractivity contribution is 0.160. The Hall–Kier alpha value is -1.27. The lowest BCUT2D eigenvalue weighted by atomic mass is 10.1. The molecule has 0 fully saturated rings. The fraction of sp³-hybridized carbons (Fsp3) is 0.545. The van der Waals surface area contributed by atoms with Gasteiger partial charge in [-0.05, 0) is 35.9 Å². The molecule has 1 N–H and O–H groups in total. The molecular formula is C11H16N4OS. The van der Waals surface area contributed by atoms with Crippen LogP contribution in [0.15, 0.2) is 17.5 Å². The molecule has 0 radical (unpaired) electrons. The van der Waals surface area contributed by atoms with E-state index in [4.69, 9.17) is 0 Å². The lowest BCUT2D eigenvalue weighted by Crippen LogP contribution is -2.12. The Bertz CT molecular complexity index is 440. The molecule has 0 aliphatic rings. The molecule has 2 aromatic heterocycles. The predicted molar refractivity (Wildman–Crippen MR) is 65.8 cm³/mol. The third-order valence-corrected chi connectivity index (χ3v) is 3.44. The first-order chi connectivity index (χ1) is 8.24. The number of aromatic nitrogens is 4. The molecule has 0 spiro atoms. The van der Waals surface area contributed by atoms with Crippen molar-refractivity contribution in [1.82, 2.24) is 20.2 Å². The quantitative estimate of drug-likeness (QED) is 0.839. The maximum Gasteiger partial charge on any atom is 0.177 e. The average molecular weight is 252 g/mol. The minimum absolute atomic E-state index is 0.376. The van der Waals surface area contributed by atoms with Gasteiger partial charge in [-0.15, -0.1) is 21.5 Å². The number of tetrazole rings is 1. The molecule has 0 saturated heterocycles. The summed E-state index contributed by atoms with van der Waals surface area (Å²) in [6.45, 7) is 0. The zero-order valence-corrected chi connectivity index (χ0v) is 10.6. The Kier molecular flexibility index (Phi) is 4.22. The van der Waals surface area contributed by atoms with Gasteiger partial charge in [-0.2, -0.15) is 4.80 Å². The number of nitrogens with zero attached hydrogens (tertiary/aromatic N) is 4. The summed E-state index contributed by atoms with van der Waals surface area (Å²) in [5.74, 6) is 0.608. The number of aryl methyl sites for hydroxylation is 2. The van der Waals surface area contributed by atoms with E-state index in [0.29, 0.717) is 12.2 Å². The fourth-order valence-corrected chi connectivity index (χ4v) is 2.44. The molecule has 6 heteroatoms. The summed E-state index contributed by atoms with van der Waals surface area (Å²) in [6.07, 6.45) is 2.90. The van der Waals surface area contributed by atoms with Crippen LogP contribution in [0.25, 0.3) is 0 Å². The summed E-state index contributed by atoms with van der Waals surface area (Å²) < 4.78 is 0. The maximum absolute atomic E-state index is 9.83. The second-order valence-electron chi connectivity index (χ2n) is 4.02. The lowest BCUT2D eigenvalue weighted by Gasteiger charge is -2.06. The van der Waals surface area contributed by atoms with Crippen LogP contribution in [0.5, 0.6) is 0 Å². The summed E-state index contributed by atoms with van der Waals surface area (Å²) in [5, 5.41) is 23.5. The molecule has 0 aromatic carbocycles. The number of thiophene rings is 1. The highest BCUT2D eigenvalue weighted by molar-refractivity contribution is 7.09. The zero-order valence-electron chi connectivity index (χ0n) is 9.78. The first-order valence-electron chi connectivity index (χ1n) is 5.67. The minimum atomic E-state index is -0.376. The van der Waals surface area contributed by atoms with Gasteiger partial charge < -0.3 is 5.11 Å². The van der Waals surface area contributed by atoms with Crippen molar-refractivity contribution in [2.45, 2.75) is 31.8 Å². The van der Waals surface area contributed by atoms with E-state index in [1.165, 1.54) is 9.67 Å². The van der Waals surface area contributed by atoms with Gasteiger partial charge in [0.2, 0.25) is 0 Å². The second kappa shape index (κ2) is 5.88. The van der Waals surface area contributed by atoms with Crippen molar-refractivity contribution >= 4 is 11.3 Å². The Morgan fingerprint density at radius 3 is 3.06 bits per heavy atom. The first-order valence-corrected chi connectivity index (χ1v) is 6.55. The van der Waals surface area contributed by atoms with Crippen LogP contribution in [0.4, 0.5) is 0 Å². The fourth-order valence-electron chi connectivity index (χ4n) is 1.68. The molecule has 0 aliphatic heterocycles. The van der Waals surface area contributed by atoms with Gasteiger partial charge >= 0.3 is 0 Å². The molecule has 0 bridgehead atoms. The molecule has 17 heavy (non-hydrogen) atoms. The van der Waals surface area contributed by atoms with E-state index in [2.05, 4.69) is 32.9 Å². The Labute approximate surface area is 104 Å². The molecule has 0 saturated carbocycles. The molecule has 5 nitrogen and oxygen atoms in total. The van der Waals surface area contributed by atoms with Gasteiger partial charge in [0.25, 0.3) is 0 Å².